The lowest BCUT2D eigenvalue weighted by atomic mass is 10.3. The lowest BCUT2D eigenvalue weighted by molar-refractivity contribution is -0.141. The molecule has 0 saturated carbocycles. The van der Waals surface area contributed by atoms with E-state index in [1.165, 1.54) is 18.7 Å². The summed E-state index contributed by atoms with van der Waals surface area (Å²) in [5.41, 5.74) is 0.759. The zero-order valence-electron chi connectivity index (χ0n) is 17.1. The Balaban J connectivity index is 2.07. The summed E-state index contributed by atoms with van der Waals surface area (Å²) >= 11 is 0. The number of ether oxygens (including phenoxy) is 2. The van der Waals surface area contributed by atoms with Crippen molar-refractivity contribution in [3.8, 4) is 11.4 Å². The summed E-state index contributed by atoms with van der Waals surface area (Å²) in [6, 6.07) is 7.51. The Morgan fingerprint density at radius 3 is 2.63 bits per heavy atom. The third-order valence-electron chi connectivity index (χ3n) is 4.95. The van der Waals surface area contributed by atoms with Gasteiger partial charge in [0.2, 0.25) is 5.78 Å². The van der Waals surface area contributed by atoms with Crippen LogP contribution in [0.15, 0.2) is 40.1 Å². The van der Waals surface area contributed by atoms with E-state index in [0.29, 0.717) is 18.1 Å². The van der Waals surface area contributed by atoms with Crippen molar-refractivity contribution in [3.05, 3.63) is 57.0 Å². The zero-order valence-corrected chi connectivity index (χ0v) is 17.1. The van der Waals surface area contributed by atoms with Crippen LogP contribution in [-0.4, -0.2) is 42.8 Å². The molecule has 3 aromatic heterocycles. The van der Waals surface area contributed by atoms with Crippen molar-refractivity contribution in [2.45, 2.75) is 20.4 Å². The molecule has 0 radical (unpaired) electrons. The number of esters is 1. The fourth-order valence-electron chi connectivity index (χ4n) is 3.56. The highest BCUT2D eigenvalue weighted by Crippen LogP contribution is 2.27. The predicted molar refractivity (Wildman–Crippen MR) is 109 cm³/mol. The minimum Gasteiger partial charge on any atom is -0.492 e. The topological polar surface area (TPSA) is 102 Å². The van der Waals surface area contributed by atoms with Crippen molar-refractivity contribution in [2.24, 2.45) is 7.05 Å². The molecule has 0 atom stereocenters. The maximum atomic E-state index is 13.1. The van der Waals surface area contributed by atoms with Crippen LogP contribution < -0.4 is 16.0 Å². The molecule has 0 saturated heterocycles. The van der Waals surface area contributed by atoms with Gasteiger partial charge in [0.1, 0.15) is 12.3 Å². The summed E-state index contributed by atoms with van der Waals surface area (Å²) in [7, 11) is 2.71. The monoisotopic (exact) mass is 411 g/mol. The van der Waals surface area contributed by atoms with Gasteiger partial charge in [0, 0.05) is 18.9 Å². The van der Waals surface area contributed by atoms with Gasteiger partial charge in [-0.05, 0) is 26.0 Å². The third kappa shape index (κ3) is 2.79. The van der Waals surface area contributed by atoms with Crippen LogP contribution in [0.4, 0.5) is 0 Å². The number of methoxy groups -OCH3 is 1. The molecular weight excluding hydrogens is 390 g/mol. The predicted octanol–water partition coefficient (Wildman–Crippen LogP) is 1.02. The van der Waals surface area contributed by atoms with Crippen LogP contribution in [0.3, 0.4) is 0 Å². The van der Waals surface area contributed by atoms with E-state index in [-0.39, 0.29) is 11.2 Å². The Morgan fingerprint density at radius 1 is 1.20 bits per heavy atom. The molecule has 0 unspecified atom stereocenters. The molecule has 0 spiro atoms. The maximum Gasteiger partial charge on any atom is 0.333 e. The molecule has 0 aliphatic carbocycles. The van der Waals surface area contributed by atoms with Gasteiger partial charge in [-0.15, -0.1) is 0 Å². The van der Waals surface area contributed by atoms with Crippen LogP contribution in [0.25, 0.3) is 22.6 Å². The van der Waals surface area contributed by atoms with Crippen molar-refractivity contribution >= 4 is 22.9 Å². The van der Waals surface area contributed by atoms with Crippen molar-refractivity contribution in [1.82, 2.24) is 23.1 Å². The Bertz CT molecular complexity index is 1410. The van der Waals surface area contributed by atoms with Gasteiger partial charge in [-0.2, -0.15) is 4.98 Å². The Morgan fingerprint density at radius 2 is 1.93 bits per heavy atom. The van der Waals surface area contributed by atoms with Crippen LogP contribution in [-0.2, 0) is 23.1 Å². The number of carbonyl (C=O) groups excluding carboxylic acids is 1. The van der Waals surface area contributed by atoms with Gasteiger partial charge >= 0.3 is 11.7 Å². The van der Waals surface area contributed by atoms with Crippen LogP contribution in [0.5, 0.6) is 5.75 Å². The molecule has 4 rings (SSSR count). The van der Waals surface area contributed by atoms with Crippen molar-refractivity contribution in [1.29, 1.82) is 0 Å². The van der Waals surface area contributed by atoms with Crippen molar-refractivity contribution in [2.75, 3.05) is 13.7 Å². The molecule has 156 valence electrons. The number of hydrogen-bond donors (Lipinski definition) is 0. The number of para-hydroxylation sites is 2. The van der Waals surface area contributed by atoms with E-state index < -0.39 is 23.8 Å². The molecule has 0 bridgehead atoms. The van der Waals surface area contributed by atoms with E-state index in [4.69, 9.17) is 4.74 Å². The molecule has 3 heterocycles. The number of imidazole rings is 2. The molecule has 10 heteroatoms. The molecule has 0 N–H and O–H groups in total. The van der Waals surface area contributed by atoms with Crippen LogP contribution in [0, 0.1) is 6.92 Å². The zero-order chi connectivity index (χ0) is 21.6. The smallest absolute Gasteiger partial charge is 0.333 e. The molecule has 4 aromatic rings. The quantitative estimate of drug-likeness (QED) is 0.455. The standard InChI is InChI=1S/C20H21N5O5/c1-5-30-14-9-7-6-8-13(14)25-12(2)10-23-16-17(21-19(23)25)22(3)20(28)24(18(16)27)11-15(26)29-4/h6-10H,5,11H2,1-4H3. The number of aryl methyl sites for hydroxylation is 2. The van der Waals surface area contributed by atoms with E-state index in [2.05, 4.69) is 9.72 Å². The van der Waals surface area contributed by atoms with Gasteiger partial charge in [-0.25, -0.2) is 9.36 Å². The minimum absolute atomic E-state index is 0.201. The van der Waals surface area contributed by atoms with Gasteiger partial charge in [-0.1, -0.05) is 12.1 Å². The Labute approximate surface area is 170 Å². The second kappa shape index (κ2) is 7.21. The summed E-state index contributed by atoms with van der Waals surface area (Å²) in [4.78, 5) is 42.0. The van der Waals surface area contributed by atoms with Gasteiger partial charge in [0.15, 0.2) is 11.2 Å². The van der Waals surface area contributed by atoms with E-state index in [1.54, 1.807) is 10.6 Å². The Hall–Kier alpha value is -3.82. The first-order valence-electron chi connectivity index (χ1n) is 9.38. The van der Waals surface area contributed by atoms with Gasteiger partial charge in [0.05, 0.1) is 19.4 Å². The van der Waals surface area contributed by atoms with Gasteiger partial charge in [-0.3, -0.25) is 23.1 Å². The summed E-state index contributed by atoms with van der Waals surface area (Å²) < 4.78 is 16.0. The first kappa shape index (κ1) is 19.5. The van der Waals surface area contributed by atoms with Gasteiger partial charge in [0.25, 0.3) is 5.56 Å². The SMILES string of the molecule is CCOc1ccccc1-n1c(C)cn2c3c(=O)n(CC(=O)OC)c(=O)n(C)c3nc12. The summed E-state index contributed by atoms with van der Waals surface area (Å²) in [6.07, 6.45) is 1.77. The number of fused-ring (bicyclic) bond motifs is 3. The normalized spacial score (nSPS) is 11.3. The Kier molecular flexibility index (Phi) is 4.69. The number of benzene rings is 1. The average Bonchev–Trinajstić information content (AvgIpc) is 3.24. The summed E-state index contributed by atoms with van der Waals surface area (Å²) in [6.45, 7) is 3.81. The minimum atomic E-state index is -0.686. The number of aromatic nitrogens is 5. The molecule has 1 aromatic carbocycles. The highest BCUT2D eigenvalue weighted by atomic mass is 16.5. The van der Waals surface area contributed by atoms with E-state index in [0.717, 1.165) is 15.9 Å². The molecule has 0 aliphatic rings. The molecule has 0 fully saturated rings. The first-order valence-corrected chi connectivity index (χ1v) is 9.38. The summed E-state index contributed by atoms with van der Waals surface area (Å²) in [5, 5.41) is 0. The van der Waals surface area contributed by atoms with E-state index >= 15 is 0 Å². The lowest BCUT2D eigenvalue weighted by Crippen LogP contribution is -2.41. The van der Waals surface area contributed by atoms with E-state index in [9.17, 15) is 14.4 Å². The lowest BCUT2D eigenvalue weighted by Gasteiger charge is -2.12. The van der Waals surface area contributed by atoms with Crippen LogP contribution in [0.1, 0.15) is 12.6 Å². The third-order valence-corrected chi connectivity index (χ3v) is 4.95. The average molecular weight is 411 g/mol. The second-order valence-electron chi connectivity index (χ2n) is 6.77. The second-order valence-corrected chi connectivity index (χ2v) is 6.77. The summed E-state index contributed by atoms with van der Waals surface area (Å²) in [5.74, 6) is 0.441. The molecule has 10 nitrogen and oxygen atoms in total. The fourth-order valence-corrected chi connectivity index (χ4v) is 3.56. The number of carbonyl (C=O) groups is 1. The number of nitrogens with zero attached hydrogens (tertiary/aromatic N) is 5. The highest BCUT2D eigenvalue weighted by Gasteiger charge is 2.22. The highest BCUT2D eigenvalue weighted by molar-refractivity contribution is 5.77. The molecular formula is C20H21N5O5. The van der Waals surface area contributed by atoms with Crippen LogP contribution >= 0.6 is 0 Å². The molecule has 30 heavy (non-hydrogen) atoms. The van der Waals surface area contributed by atoms with Crippen LogP contribution in [0.2, 0.25) is 0 Å². The number of rotatable bonds is 5. The van der Waals surface area contributed by atoms with Crippen molar-refractivity contribution in [3.63, 3.8) is 0 Å². The number of hydrogen-bond acceptors (Lipinski definition) is 6. The van der Waals surface area contributed by atoms with Gasteiger partial charge < -0.3 is 9.47 Å². The van der Waals surface area contributed by atoms with Crippen molar-refractivity contribution < 1.29 is 14.3 Å². The fraction of sp³-hybridized carbons (Fsp3) is 0.300. The van der Waals surface area contributed by atoms with E-state index in [1.807, 2.05) is 42.7 Å². The molecule has 0 aliphatic heterocycles. The molecule has 0 amide bonds. The largest absolute Gasteiger partial charge is 0.492 e. The maximum absolute atomic E-state index is 13.1. The first-order chi connectivity index (χ1) is 14.4.